The highest BCUT2D eigenvalue weighted by Gasteiger charge is 1.96. The van der Waals surface area contributed by atoms with Crippen molar-refractivity contribution in [1.29, 1.82) is 0 Å². The van der Waals surface area contributed by atoms with E-state index in [9.17, 15) is 0 Å². The van der Waals surface area contributed by atoms with Gasteiger partial charge in [-0.05, 0) is 18.8 Å². The first-order valence-corrected chi connectivity index (χ1v) is 3.41. The highest BCUT2D eigenvalue weighted by Crippen LogP contribution is 2.06. The third kappa shape index (κ3) is 5.57. The van der Waals surface area contributed by atoms with Gasteiger partial charge in [0.15, 0.2) is 0 Å². The molecule has 0 aliphatic heterocycles. The summed E-state index contributed by atoms with van der Waals surface area (Å²) < 4.78 is 4.92. The molecule has 0 aliphatic carbocycles. The summed E-state index contributed by atoms with van der Waals surface area (Å²) in [5, 5.41) is 0. The zero-order valence-corrected chi connectivity index (χ0v) is 6.39. The topological polar surface area (TPSA) is 9.23 Å². The smallest absolute Gasteiger partial charge is 0.0464 e. The normalized spacial score (nSPS) is 13.1. The summed E-state index contributed by atoms with van der Waals surface area (Å²) in [4.78, 5) is 0. The molecule has 0 radical (unpaired) electrons. The zero-order chi connectivity index (χ0) is 7.11. The molecule has 0 amide bonds. The van der Waals surface area contributed by atoms with E-state index >= 15 is 0 Å². The Morgan fingerprint density at radius 2 is 2.33 bits per heavy atom. The summed E-state index contributed by atoms with van der Waals surface area (Å²) in [6, 6.07) is 0. The summed E-state index contributed by atoms with van der Waals surface area (Å²) >= 11 is 0. The van der Waals surface area contributed by atoms with E-state index in [-0.39, 0.29) is 0 Å². The van der Waals surface area contributed by atoms with Gasteiger partial charge in [0.1, 0.15) is 0 Å². The second-order valence-electron chi connectivity index (χ2n) is 2.41. The Labute approximate surface area is 57.7 Å². The molecular formula is C8H16O. The van der Waals surface area contributed by atoms with Crippen LogP contribution in [0.3, 0.4) is 0 Å². The van der Waals surface area contributed by atoms with Gasteiger partial charge in [-0.1, -0.05) is 13.0 Å². The van der Waals surface area contributed by atoms with Gasteiger partial charge in [0.25, 0.3) is 0 Å². The lowest BCUT2D eigenvalue weighted by molar-refractivity contribution is 0.180. The first kappa shape index (κ1) is 8.70. The van der Waals surface area contributed by atoms with Crippen molar-refractivity contribution in [1.82, 2.24) is 0 Å². The van der Waals surface area contributed by atoms with Crippen LogP contribution in [0, 0.1) is 5.92 Å². The fraction of sp³-hybridized carbons (Fsp3) is 0.750. The van der Waals surface area contributed by atoms with E-state index in [0.717, 1.165) is 25.4 Å². The monoisotopic (exact) mass is 128 g/mol. The minimum absolute atomic E-state index is 0.724. The van der Waals surface area contributed by atoms with Gasteiger partial charge in [-0.25, -0.2) is 0 Å². The second kappa shape index (κ2) is 5.83. The molecule has 1 nitrogen and oxygen atoms in total. The van der Waals surface area contributed by atoms with E-state index < -0.39 is 0 Å². The summed E-state index contributed by atoms with van der Waals surface area (Å²) in [6.07, 6.45) is 4.20. The summed E-state index contributed by atoms with van der Waals surface area (Å²) in [5.74, 6) is 0.724. The second-order valence-corrected chi connectivity index (χ2v) is 2.41. The lowest BCUT2D eigenvalue weighted by Crippen LogP contribution is -1.97. The lowest BCUT2D eigenvalue weighted by atomic mass is 10.1. The number of methoxy groups -OCH3 is 1. The molecule has 0 N–H and O–H groups in total. The molecule has 0 aromatic heterocycles. The van der Waals surface area contributed by atoms with Gasteiger partial charge in [0.05, 0.1) is 0 Å². The summed E-state index contributed by atoms with van der Waals surface area (Å²) in [6.45, 7) is 6.75. The van der Waals surface area contributed by atoms with Crippen LogP contribution in [0.2, 0.25) is 0 Å². The van der Waals surface area contributed by atoms with E-state index in [1.165, 1.54) is 0 Å². The first-order chi connectivity index (χ1) is 4.31. The van der Waals surface area contributed by atoms with Crippen LogP contribution in [-0.4, -0.2) is 13.7 Å². The van der Waals surface area contributed by atoms with E-state index in [2.05, 4.69) is 13.5 Å². The fourth-order valence-electron chi connectivity index (χ4n) is 0.721. The minimum Gasteiger partial charge on any atom is -0.385 e. The maximum atomic E-state index is 4.92. The standard InChI is InChI=1S/C8H16O/c1-4-5-8(2)6-7-9-3/h4,8H,1,5-7H2,2-3H3. The molecule has 0 bridgehead atoms. The van der Waals surface area contributed by atoms with Crippen molar-refractivity contribution in [3.63, 3.8) is 0 Å². The Morgan fingerprint density at radius 1 is 1.67 bits per heavy atom. The van der Waals surface area contributed by atoms with Crippen LogP contribution < -0.4 is 0 Å². The Hall–Kier alpha value is -0.300. The van der Waals surface area contributed by atoms with Gasteiger partial charge < -0.3 is 4.74 Å². The summed E-state index contributed by atoms with van der Waals surface area (Å²) in [7, 11) is 1.74. The number of rotatable bonds is 5. The molecule has 1 unspecified atom stereocenters. The van der Waals surface area contributed by atoms with Gasteiger partial charge in [-0.2, -0.15) is 0 Å². The van der Waals surface area contributed by atoms with Crippen LogP contribution in [0.5, 0.6) is 0 Å². The number of hydrogen-bond acceptors (Lipinski definition) is 1. The largest absolute Gasteiger partial charge is 0.385 e. The molecule has 1 heteroatoms. The Balaban J connectivity index is 3.04. The molecule has 0 saturated heterocycles. The van der Waals surface area contributed by atoms with E-state index in [0.29, 0.717) is 0 Å². The quantitative estimate of drug-likeness (QED) is 0.516. The van der Waals surface area contributed by atoms with Crippen molar-refractivity contribution in [2.75, 3.05) is 13.7 Å². The Kier molecular flexibility index (Phi) is 5.64. The molecule has 0 fully saturated rings. The molecule has 54 valence electrons. The Bertz CT molecular complexity index is 69.0. The molecule has 1 atom stereocenters. The molecule has 0 aromatic rings. The summed E-state index contributed by atoms with van der Waals surface area (Å²) in [5.41, 5.74) is 0. The van der Waals surface area contributed by atoms with Gasteiger partial charge >= 0.3 is 0 Å². The van der Waals surface area contributed by atoms with E-state index in [1.54, 1.807) is 7.11 Å². The van der Waals surface area contributed by atoms with Crippen molar-refractivity contribution in [3.05, 3.63) is 12.7 Å². The molecule has 0 aliphatic rings. The predicted molar refractivity (Wildman–Crippen MR) is 40.5 cm³/mol. The van der Waals surface area contributed by atoms with E-state index in [4.69, 9.17) is 4.74 Å². The van der Waals surface area contributed by atoms with Crippen molar-refractivity contribution in [3.8, 4) is 0 Å². The molecule has 9 heavy (non-hydrogen) atoms. The maximum absolute atomic E-state index is 4.92. The minimum atomic E-state index is 0.724. The van der Waals surface area contributed by atoms with Crippen LogP contribution >= 0.6 is 0 Å². The average Bonchev–Trinajstić information content (AvgIpc) is 1.85. The molecule has 0 spiro atoms. The van der Waals surface area contributed by atoms with E-state index in [1.807, 2.05) is 6.08 Å². The number of ether oxygens (including phenoxy) is 1. The van der Waals surface area contributed by atoms with Crippen LogP contribution in [0.4, 0.5) is 0 Å². The highest BCUT2D eigenvalue weighted by atomic mass is 16.5. The molecular weight excluding hydrogens is 112 g/mol. The molecule has 0 aromatic carbocycles. The lowest BCUT2D eigenvalue weighted by Gasteiger charge is -2.05. The van der Waals surface area contributed by atoms with Gasteiger partial charge in [0, 0.05) is 13.7 Å². The third-order valence-corrected chi connectivity index (χ3v) is 1.38. The third-order valence-electron chi connectivity index (χ3n) is 1.38. The van der Waals surface area contributed by atoms with Gasteiger partial charge in [0.2, 0.25) is 0 Å². The zero-order valence-electron chi connectivity index (χ0n) is 6.39. The van der Waals surface area contributed by atoms with Crippen LogP contribution in [0.15, 0.2) is 12.7 Å². The molecule has 0 saturated carbocycles. The van der Waals surface area contributed by atoms with Crippen molar-refractivity contribution in [2.45, 2.75) is 19.8 Å². The predicted octanol–water partition coefficient (Wildman–Crippen LogP) is 2.24. The average molecular weight is 128 g/mol. The van der Waals surface area contributed by atoms with Crippen molar-refractivity contribution >= 4 is 0 Å². The maximum Gasteiger partial charge on any atom is 0.0464 e. The van der Waals surface area contributed by atoms with Gasteiger partial charge in [-0.3, -0.25) is 0 Å². The molecule has 0 rings (SSSR count). The first-order valence-electron chi connectivity index (χ1n) is 3.41. The fourth-order valence-corrected chi connectivity index (χ4v) is 0.721. The van der Waals surface area contributed by atoms with Crippen molar-refractivity contribution < 1.29 is 4.74 Å². The van der Waals surface area contributed by atoms with Crippen molar-refractivity contribution in [2.24, 2.45) is 5.92 Å². The van der Waals surface area contributed by atoms with Crippen LogP contribution in [0.1, 0.15) is 19.8 Å². The molecule has 0 heterocycles. The number of allylic oxidation sites excluding steroid dienone is 1. The SMILES string of the molecule is C=CCC(C)CCOC. The van der Waals surface area contributed by atoms with Crippen LogP contribution in [0.25, 0.3) is 0 Å². The Morgan fingerprint density at radius 3 is 2.78 bits per heavy atom. The highest BCUT2D eigenvalue weighted by molar-refractivity contribution is 4.69. The van der Waals surface area contributed by atoms with Gasteiger partial charge in [-0.15, -0.1) is 6.58 Å². The van der Waals surface area contributed by atoms with Crippen LogP contribution in [-0.2, 0) is 4.74 Å². The number of hydrogen-bond donors (Lipinski definition) is 0.